The molecule has 0 heterocycles. The van der Waals surface area contributed by atoms with Crippen molar-refractivity contribution in [2.24, 2.45) is 0 Å². The van der Waals surface area contributed by atoms with Crippen LogP contribution < -0.4 is 0 Å². The number of hydrogen-bond donors (Lipinski definition) is 0. The highest BCUT2D eigenvalue weighted by atomic mass is 35.5. The lowest BCUT2D eigenvalue weighted by molar-refractivity contribution is -0.137. The number of rotatable bonds is 15. The molecule has 1 aromatic carbocycles. The molecule has 0 bridgehead atoms. The zero-order valence-corrected chi connectivity index (χ0v) is 19.0. The zero-order valence-electron chi connectivity index (χ0n) is 17.2. The topological polar surface area (TPSA) is 54.0 Å². The van der Waals surface area contributed by atoms with Crippen LogP contribution in [0.4, 0.5) is 0 Å². The van der Waals surface area contributed by atoms with Crippen molar-refractivity contribution in [3.8, 4) is 0 Å². The van der Waals surface area contributed by atoms with Crippen molar-refractivity contribution in [1.29, 1.82) is 0 Å². The Balaban J connectivity index is 2.20. The van der Waals surface area contributed by atoms with Crippen LogP contribution in [0.3, 0.4) is 0 Å². The molecule has 0 saturated heterocycles. The first-order chi connectivity index (χ1) is 13.5. The molecule has 1 rings (SSSR count). The number of halogens is 1. The summed E-state index contributed by atoms with van der Waals surface area (Å²) in [6.45, 7) is 8.14. The lowest BCUT2D eigenvalue weighted by atomic mass is 10.2. The van der Waals surface area contributed by atoms with Gasteiger partial charge in [0.2, 0.25) is 0 Å². The molecular formula is C21H33ClO5Si. The van der Waals surface area contributed by atoms with Gasteiger partial charge in [-0.1, -0.05) is 36.6 Å². The van der Waals surface area contributed by atoms with Gasteiger partial charge in [0.25, 0.3) is 0 Å². The SMILES string of the molecule is CCO[Si](CCCCCCOC(=O)/C=C/c1ccc(Cl)cc1)(OCC)OCC. The van der Waals surface area contributed by atoms with E-state index in [0.717, 1.165) is 37.3 Å². The van der Waals surface area contributed by atoms with Gasteiger partial charge in [0, 0.05) is 37.0 Å². The molecule has 28 heavy (non-hydrogen) atoms. The molecule has 0 spiro atoms. The second-order valence-corrected chi connectivity index (χ2v) is 9.37. The molecule has 0 atom stereocenters. The largest absolute Gasteiger partial charge is 0.500 e. The summed E-state index contributed by atoms with van der Waals surface area (Å²) < 4.78 is 22.8. The summed E-state index contributed by atoms with van der Waals surface area (Å²) in [5.41, 5.74) is 0.909. The van der Waals surface area contributed by atoms with Crippen LogP contribution in [0.1, 0.15) is 52.0 Å². The third kappa shape index (κ3) is 10.4. The smallest absolute Gasteiger partial charge is 0.463 e. The number of carbonyl (C=O) groups excluding carboxylic acids is 1. The Morgan fingerprint density at radius 3 is 2.07 bits per heavy atom. The molecule has 158 valence electrons. The van der Waals surface area contributed by atoms with Gasteiger partial charge in [0.05, 0.1) is 6.61 Å². The zero-order chi connectivity index (χ0) is 20.7. The molecule has 0 unspecified atom stereocenters. The van der Waals surface area contributed by atoms with Crippen molar-refractivity contribution < 1.29 is 22.8 Å². The molecule has 0 fully saturated rings. The fourth-order valence-electron chi connectivity index (χ4n) is 2.76. The first-order valence-electron chi connectivity index (χ1n) is 10.1. The van der Waals surface area contributed by atoms with Gasteiger partial charge in [-0.3, -0.25) is 0 Å². The highest BCUT2D eigenvalue weighted by molar-refractivity contribution is 6.60. The molecular weight excluding hydrogens is 396 g/mol. The molecule has 0 aliphatic carbocycles. The van der Waals surface area contributed by atoms with Gasteiger partial charge in [-0.15, -0.1) is 0 Å². The number of ether oxygens (including phenoxy) is 1. The predicted octanol–water partition coefficient (Wildman–Crippen LogP) is 5.51. The highest BCUT2D eigenvalue weighted by Gasteiger charge is 2.39. The van der Waals surface area contributed by atoms with Crippen LogP contribution >= 0.6 is 11.6 Å². The van der Waals surface area contributed by atoms with Gasteiger partial charge in [-0.2, -0.15) is 0 Å². The van der Waals surface area contributed by atoms with E-state index in [2.05, 4.69) is 0 Å². The van der Waals surface area contributed by atoms with Gasteiger partial charge in [-0.25, -0.2) is 4.79 Å². The molecule has 0 aliphatic heterocycles. The third-order valence-corrected chi connectivity index (χ3v) is 7.40. The van der Waals surface area contributed by atoms with Gasteiger partial charge >= 0.3 is 14.8 Å². The van der Waals surface area contributed by atoms with Crippen molar-refractivity contribution in [3.05, 3.63) is 40.9 Å². The van der Waals surface area contributed by atoms with E-state index in [0.29, 0.717) is 31.5 Å². The molecule has 7 heteroatoms. The van der Waals surface area contributed by atoms with E-state index < -0.39 is 8.80 Å². The molecule has 5 nitrogen and oxygen atoms in total. The third-order valence-electron chi connectivity index (χ3n) is 4.00. The average molecular weight is 429 g/mol. The Morgan fingerprint density at radius 2 is 1.50 bits per heavy atom. The van der Waals surface area contributed by atoms with E-state index in [1.807, 2.05) is 32.9 Å². The Labute approximate surface area is 175 Å². The molecule has 0 N–H and O–H groups in total. The summed E-state index contributed by atoms with van der Waals surface area (Å²) in [5.74, 6) is -0.328. The molecule has 0 amide bonds. The molecule has 0 aliphatic rings. The molecule has 0 radical (unpaired) electrons. The Hall–Kier alpha value is -1.18. The highest BCUT2D eigenvalue weighted by Crippen LogP contribution is 2.20. The van der Waals surface area contributed by atoms with Crippen LogP contribution in [0.15, 0.2) is 30.3 Å². The van der Waals surface area contributed by atoms with E-state index in [4.69, 9.17) is 29.6 Å². The van der Waals surface area contributed by atoms with Crippen molar-refractivity contribution in [2.75, 3.05) is 26.4 Å². The maximum atomic E-state index is 11.7. The first-order valence-corrected chi connectivity index (χ1v) is 12.4. The van der Waals surface area contributed by atoms with Crippen LogP contribution in [0.2, 0.25) is 11.1 Å². The number of esters is 1. The summed E-state index contributed by atoms with van der Waals surface area (Å²) in [6, 6.07) is 8.09. The van der Waals surface area contributed by atoms with Crippen LogP contribution in [-0.2, 0) is 22.8 Å². The van der Waals surface area contributed by atoms with Gasteiger partial charge in [-0.05, 0) is 57.4 Å². The Kier molecular flexibility index (Phi) is 13.1. The minimum atomic E-state index is -2.53. The number of benzene rings is 1. The van der Waals surface area contributed by atoms with Crippen LogP contribution in [0.25, 0.3) is 6.08 Å². The molecule has 0 saturated carbocycles. The van der Waals surface area contributed by atoms with Crippen molar-refractivity contribution in [2.45, 2.75) is 52.5 Å². The van der Waals surface area contributed by atoms with E-state index in [1.54, 1.807) is 18.2 Å². The molecule has 0 aromatic heterocycles. The lowest BCUT2D eigenvalue weighted by Crippen LogP contribution is -2.45. The van der Waals surface area contributed by atoms with E-state index in [1.165, 1.54) is 6.08 Å². The maximum absolute atomic E-state index is 11.7. The maximum Gasteiger partial charge on any atom is 0.500 e. The van der Waals surface area contributed by atoms with Gasteiger partial charge in [0.1, 0.15) is 0 Å². The number of unbranched alkanes of at least 4 members (excludes halogenated alkanes) is 3. The monoisotopic (exact) mass is 428 g/mol. The fourth-order valence-corrected chi connectivity index (χ4v) is 5.57. The summed E-state index contributed by atoms with van der Waals surface area (Å²) in [4.78, 5) is 11.7. The van der Waals surface area contributed by atoms with Crippen LogP contribution in [-0.4, -0.2) is 41.2 Å². The van der Waals surface area contributed by atoms with Crippen molar-refractivity contribution in [3.63, 3.8) is 0 Å². The minimum Gasteiger partial charge on any atom is -0.463 e. The van der Waals surface area contributed by atoms with E-state index in [-0.39, 0.29) is 5.97 Å². The second kappa shape index (κ2) is 14.8. The fraction of sp³-hybridized carbons (Fsp3) is 0.571. The summed E-state index contributed by atoms with van der Waals surface area (Å²) in [5, 5.41) is 0.670. The van der Waals surface area contributed by atoms with Crippen molar-refractivity contribution in [1.82, 2.24) is 0 Å². The average Bonchev–Trinajstić information content (AvgIpc) is 2.67. The normalized spacial score (nSPS) is 11.9. The number of carbonyl (C=O) groups is 1. The summed E-state index contributed by atoms with van der Waals surface area (Å²) in [7, 11) is -2.53. The Morgan fingerprint density at radius 1 is 0.929 bits per heavy atom. The quantitative estimate of drug-likeness (QED) is 0.160. The van der Waals surface area contributed by atoms with Crippen molar-refractivity contribution >= 4 is 32.5 Å². The second-order valence-electron chi connectivity index (χ2n) is 6.20. The van der Waals surface area contributed by atoms with Gasteiger partial charge < -0.3 is 18.0 Å². The first kappa shape index (κ1) is 24.9. The predicted molar refractivity (Wildman–Crippen MR) is 115 cm³/mol. The van der Waals surface area contributed by atoms with Crippen LogP contribution in [0.5, 0.6) is 0 Å². The summed E-state index contributed by atoms with van der Waals surface area (Å²) >= 11 is 5.83. The van der Waals surface area contributed by atoms with E-state index in [9.17, 15) is 4.79 Å². The van der Waals surface area contributed by atoms with Gasteiger partial charge in [0.15, 0.2) is 0 Å². The minimum absolute atomic E-state index is 0.328. The molecule has 1 aromatic rings. The summed E-state index contributed by atoms with van der Waals surface area (Å²) in [6.07, 6.45) is 7.00. The lowest BCUT2D eigenvalue weighted by Gasteiger charge is -2.28. The Bertz CT molecular complexity index is 560. The standard InChI is InChI=1S/C21H33ClO5Si/c1-4-25-28(26-5-2,27-6-3)18-10-8-7-9-17-24-21(23)16-13-19-11-14-20(22)15-12-19/h11-16H,4-10,17-18H2,1-3H3/b16-13+. The van der Waals surface area contributed by atoms with Crippen LogP contribution in [0, 0.1) is 0 Å². The van der Waals surface area contributed by atoms with E-state index >= 15 is 0 Å². The number of hydrogen-bond acceptors (Lipinski definition) is 5.